The molecule has 0 bridgehead atoms. The molecule has 1 fully saturated rings. The van der Waals surface area contributed by atoms with E-state index in [-0.39, 0.29) is 30.3 Å². The molecular weight excluding hydrogens is 448 g/mol. The molecule has 2 atom stereocenters. The van der Waals surface area contributed by atoms with Gasteiger partial charge in [0.25, 0.3) is 11.8 Å². The van der Waals surface area contributed by atoms with Crippen LogP contribution < -0.4 is 5.32 Å². The Morgan fingerprint density at radius 1 is 1.16 bits per heavy atom. The van der Waals surface area contributed by atoms with Gasteiger partial charge in [0.1, 0.15) is 6.04 Å². The maximum atomic E-state index is 13.5. The fourth-order valence-electron chi connectivity index (χ4n) is 4.38. The molecule has 2 aliphatic heterocycles. The maximum Gasteiger partial charge on any atom is 0.261 e. The highest BCUT2D eigenvalue weighted by atomic mass is 35.5. The third kappa shape index (κ3) is 4.67. The molecular formula is C23H27ClN4O3S. The lowest BCUT2D eigenvalue weighted by molar-refractivity contribution is -0.132. The van der Waals surface area contributed by atoms with Crippen LogP contribution in [0.3, 0.4) is 0 Å². The number of halogens is 1. The van der Waals surface area contributed by atoms with E-state index in [4.69, 9.17) is 11.6 Å². The van der Waals surface area contributed by atoms with Crippen LogP contribution in [0.2, 0.25) is 4.34 Å². The van der Waals surface area contributed by atoms with Gasteiger partial charge in [0.05, 0.1) is 9.21 Å². The molecule has 0 radical (unpaired) electrons. The second-order valence-corrected chi connectivity index (χ2v) is 10.4. The Labute approximate surface area is 196 Å². The Kier molecular flexibility index (Phi) is 6.55. The first-order valence-electron chi connectivity index (χ1n) is 10.6. The summed E-state index contributed by atoms with van der Waals surface area (Å²) in [5.41, 5.74) is 3.00. The highest BCUT2D eigenvalue weighted by molar-refractivity contribution is 7.18. The van der Waals surface area contributed by atoms with Crippen LogP contribution in [-0.2, 0) is 17.8 Å². The van der Waals surface area contributed by atoms with Gasteiger partial charge in [0, 0.05) is 45.3 Å². The fourth-order valence-corrected chi connectivity index (χ4v) is 5.33. The van der Waals surface area contributed by atoms with Gasteiger partial charge in [-0.3, -0.25) is 14.4 Å². The summed E-state index contributed by atoms with van der Waals surface area (Å²) in [6, 6.07) is 8.24. The molecule has 1 unspecified atom stereocenters. The highest BCUT2D eigenvalue weighted by Gasteiger charge is 2.41. The third-order valence-electron chi connectivity index (χ3n) is 6.08. The molecule has 3 heterocycles. The van der Waals surface area contributed by atoms with Gasteiger partial charge in [0.15, 0.2) is 0 Å². The number of hydrogen-bond donors (Lipinski definition) is 1. The molecule has 170 valence electrons. The highest BCUT2D eigenvalue weighted by Crippen LogP contribution is 2.26. The van der Waals surface area contributed by atoms with Crippen molar-refractivity contribution in [2.45, 2.75) is 31.5 Å². The first-order chi connectivity index (χ1) is 15.2. The van der Waals surface area contributed by atoms with Gasteiger partial charge in [-0.15, -0.1) is 11.3 Å². The summed E-state index contributed by atoms with van der Waals surface area (Å²) >= 11 is 7.15. The number of likely N-dealkylation sites (N-methyl/N-ethyl adjacent to an activating group) is 2. The fraction of sp³-hybridized carbons (Fsp3) is 0.435. The maximum absolute atomic E-state index is 13.5. The Bertz CT molecular complexity index is 1050. The van der Waals surface area contributed by atoms with E-state index in [0.29, 0.717) is 21.2 Å². The van der Waals surface area contributed by atoms with Gasteiger partial charge >= 0.3 is 0 Å². The van der Waals surface area contributed by atoms with Gasteiger partial charge in [-0.1, -0.05) is 17.7 Å². The Balaban J connectivity index is 1.54. The minimum Gasteiger partial charge on any atom is -0.347 e. The molecule has 32 heavy (non-hydrogen) atoms. The average Bonchev–Trinajstić information content (AvgIpc) is 3.38. The Morgan fingerprint density at radius 3 is 2.62 bits per heavy atom. The second-order valence-electron chi connectivity index (χ2n) is 8.69. The molecule has 2 aromatic rings. The summed E-state index contributed by atoms with van der Waals surface area (Å²) < 4.78 is 0.539. The number of hydrogen-bond acceptors (Lipinski definition) is 5. The van der Waals surface area contributed by atoms with Crippen molar-refractivity contribution in [1.29, 1.82) is 0 Å². The van der Waals surface area contributed by atoms with Crippen molar-refractivity contribution < 1.29 is 14.4 Å². The van der Waals surface area contributed by atoms with Gasteiger partial charge in [0.2, 0.25) is 5.91 Å². The summed E-state index contributed by atoms with van der Waals surface area (Å²) in [6.07, 6.45) is 1.28. The van der Waals surface area contributed by atoms with Crippen LogP contribution in [0.15, 0.2) is 30.3 Å². The SMILES string of the molecule is CN1CCc2cc(C(=O)N3CC(NC(=O)c4ccc(Cl)s4)C[C@H]3C(=O)N(C)C)ccc2C1. The summed E-state index contributed by atoms with van der Waals surface area (Å²) in [4.78, 5) is 44.8. The Morgan fingerprint density at radius 2 is 1.94 bits per heavy atom. The van der Waals surface area contributed by atoms with E-state index in [2.05, 4.69) is 17.3 Å². The van der Waals surface area contributed by atoms with Crippen LogP contribution in [0.25, 0.3) is 0 Å². The lowest BCUT2D eigenvalue weighted by Crippen LogP contribution is -2.45. The van der Waals surface area contributed by atoms with E-state index in [0.717, 1.165) is 19.5 Å². The van der Waals surface area contributed by atoms with Crippen molar-refractivity contribution in [3.05, 3.63) is 56.2 Å². The van der Waals surface area contributed by atoms with Crippen LogP contribution in [-0.4, -0.2) is 78.7 Å². The smallest absolute Gasteiger partial charge is 0.261 e. The molecule has 1 aromatic carbocycles. The number of rotatable bonds is 4. The standard InChI is InChI=1S/C23H27ClN4O3S/c1-26(2)23(31)18-11-17(25-21(29)19-6-7-20(24)32-19)13-28(18)22(30)15-4-5-16-12-27(3)9-8-14(16)10-15/h4-7,10,17-18H,8-9,11-13H2,1-3H3,(H,25,29)/t17?,18-/m0/s1. The zero-order valence-corrected chi connectivity index (χ0v) is 20.0. The first kappa shape index (κ1) is 22.8. The van der Waals surface area contributed by atoms with Gasteiger partial charge in [-0.2, -0.15) is 0 Å². The second kappa shape index (κ2) is 9.21. The first-order valence-corrected chi connectivity index (χ1v) is 11.8. The molecule has 7 nitrogen and oxygen atoms in total. The van der Waals surface area contributed by atoms with Crippen LogP contribution in [0.5, 0.6) is 0 Å². The summed E-state index contributed by atoms with van der Waals surface area (Å²) in [7, 11) is 5.45. The van der Waals surface area contributed by atoms with Crippen molar-refractivity contribution in [2.24, 2.45) is 0 Å². The van der Waals surface area contributed by atoms with E-state index >= 15 is 0 Å². The molecule has 0 aliphatic carbocycles. The number of likely N-dealkylation sites (tertiary alicyclic amines) is 1. The molecule has 1 saturated heterocycles. The number of fused-ring (bicyclic) bond motifs is 1. The largest absolute Gasteiger partial charge is 0.347 e. The van der Waals surface area contributed by atoms with Crippen molar-refractivity contribution in [2.75, 3.05) is 34.2 Å². The summed E-state index contributed by atoms with van der Waals surface area (Å²) in [5.74, 6) is -0.563. The molecule has 2 aliphatic rings. The van der Waals surface area contributed by atoms with Gasteiger partial charge < -0.3 is 20.0 Å². The summed E-state index contributed by atoms with van der Waals surface area (Å²) in [6.45, 7) is 2.11. The number of carbonyl (C=O) groups is 3. The molecule has 1 N–H and O–H groups in total. The molecule has 4 rings (SSSR count). The van der Waals surface area contributed by atoms with Crippen molar-refractivity contribution in [1.82, 2.24) is 20.0 Å². The van der Waals surface area contributed by atoms with E-state index < -0.39 is 6.04 Å². The van der Waals surface area contributed by atoms with Crippen LogP contribution in [0, 0.1) is 0 Å². The normalized spacial score (nSPS) is 20.7. The minimum atomic E-state index is -0.614. The number of nitrogens with zero attached hydrogens (tertiary/aromatic N) is 3. The molecule has 3 amide bonds. The van der Waals surface area contributed by atoms with Gasteiger partial charge in [-0.25, -0.2) is 0 Å². The predicted octanol–water partition coefficient (Wildman–Crippen LogP) is 2.49. The van der Waals surface area contributed by atoms with Crippen LogP contribution >= 0.6 is 22.9 Å². The van der Waals surface area contributed by atoms with E-state index in [1.165, 1.54) is 27.4 Å². The van der Waals surface area contributed by atoms with Crippen molar-refractivity contribution in [3.8, 4) is 0 Å². The molecule has 1 aromatic heterocycles. The Hall–Kier alpha value is -2.42. The summed E-state index contributed by atoms with van der Waals surface area (Å²) in [5, 5.41) is 2.97. The lowest BCUT2D eigenvalue weighted by atomic mass is 9.97. The van der Waals surface area contributed by atoms with E-state index in [1.54, 1.807) is 31.1 Å². The van der Waals surface area contributed by atoms with E-state index in [9.17, 15) is 14.4 Å². The van der Waals surface area contributed by atoms with Crippen molar-refractivity contribution in [3.63, 3.8) is 0 Å². The van der Waals surface area contributed by atoms with Crippen LogP contribution in [0.4, 0.5) is 0 Å². The quantitative estimate of drug-likeness (QED) is 0.739. The number of thiophene rings is 1. The number of amides is 3. The number of nitrogens with one attached hydrogen (secondary N) is 1. The van der Waals surface area contributed by atoms with Crippen LogP contribution in [0.1, 0.15) is 37.6 Å². The van der Waals surface area contributed by atoms with Crippen molar-refractivity contribution >= 4 is 40.7 Å². The topological polar surface area (TPSA) is 73.0 Å². The third-order valence-corrected chi connectivity index (χ3v) is 7.31. The monoisotopic (exact) mass is 474 g/mol. The molecule has 0 spiro atoms. The number of benzene rings is 1. The zero-order chi connectivity index (χ0) is 23.0. The lowest BCUT2D eigenvalue weighted by Gasteiger charge is -2.28. The zero-order valence-electron chi connectivity index (χ0n) is 18.4. The molecule has 0 saturated carbocycles. The predicted molar refractivity (Wildman–Crippen MR) is 125 cm³/mol. The number of carbonyl (C=O) groups excluding carboxylic acids is 3. The van der Waals surface area contributed by atoms with Gasteiger partial charge in [-0.05, 0) is 55.3 Å². The molecule has 9 heteroatoms. The average molecular weight is 475 g/mol. The van der Waals surface area contributed by atoms with E-state index in [1.807, 2.05) is 18.2 Å². The minimum absolute atomic E-state index is 0.145.